The number of benzene rings is 8. The topological polar surface area (TPSA) is 283 Å². The maximum Gasteiger partial charge on any atom is 3.00 e. The first-order valence-electron chi connectivity index (χ1n) is 26.0. The standard InChI is InChI=1S/C24H20B.2C18H20N2O4.C2H3N.2C2H4O2.Tb.2Zn/c1-5-13-21(14-6-1)25(22-15-7-2-8-16-22,23-17-9-3-10-18-23)24-19-11-4-12-20-24;2*1-23-15-7-3-5-13(17(15)21)11-19-9-10-20-12-14-6-4-8-16(24-2)18(14)22;1-2-3;2*1-2(3)4;;;/h1-20H;2*3-8,11-12,21-22H,9-10H2,1-2H3;1H3;2*1H3,(H,3,4);;;/q-1;;;;;;+3;2*+2/p-6. The van der Waals surface area contributed by atoms with Crippen LogP contribution in [0, 0.1) is 49.9 Å². The summed E-state index contributed by atoms with van der Waals surface area (Å²) in [5.41, 5.74) is 7.22. The smallest absolute Gasteiger partial charge is 0.870 e. The molecule has 0 fully saturated rings. The van der Waals surface area contributed by atoms with Crippen LogP contribution in [0.4, 0.5) is 0 Å². The number of carboxylic acid groups (broad SMARTS) is 2. The van der Waals surface area contributed by atoms with E-state index in [1.807, 2.05) is 0 Å². The van der Waals surface area contributed by atoms with Gasteiger partial charge < -0.3 is 59.2 Å². The fourth-order valence-electron chi connectivity index (χ4n) is 8.18. The summed E-state index contributed by atoms with van der Waals surface area (Å²) in [7, 11) is 5.81. The Kier molecular flexibility index (Phi) is 41.0. The Morgan fingerprint density at radius 2 is 0.575 bits per heavy atom. The van der Waals surface area contributed by atoms with E-state index in [1.165, 1.54) is 82.1 Å². The molecule has 8 rings (SSSR count). The monoisotopic (exact) mass is 1420 g/mol. The molecule has 0 aliphatic carbocycles. The molecule has 8 aromatic rings. The second kappa shape index (κ2) is 45.2. The number of nitriles is 1. The van der Waals surface area contributed by atoms with Crippen LogP contribution in [0.5, 0.6) is 46.0 Å². The number of hydrogen-bond acceptors (Lipinski definition) is 17. The van der Waals surface area contributed by atoms with Gasteiger partial charge in [-0.2, -0.15) is 27.1 Å². The van der Waals surface area contributed by atoms with Crippen molar-refractivity contribution in [1.29, 1.82) is 5.26 Å². The van der Waals surface area contributed by atoms with Gasteiger partial charge in [-0.1, -0.05) is 193 Å². The maximum atomic E-state index is 11.9. The third kappa shape index (κ3) is 26.6. The fraction of sp³-hybridized carbons (Fsp3) is 0.167. The summed E-state index contributed by atoms with van der Waals surface area (Å²) in [4.78, 5) is 34.5. The zero-order valence-corrected chi connectivity index (χ0v) is 57.6. The summed E-state index contributed by atoms with van der Waals surface area (Å²) in [6.45, 7) is 5.01. The minimum atomic E-state index is -1.22. The first kappa shape index (κ1) is 78.9. The largest absolute Gasteiger partial charge is 3.00 e. The molecule has 0 spiro atoms. The van der Waals surface area contributed by atoms with Gasteiger partial charge in [-0.3, -0.25) is 20.0 Å². The van der Waals surface area contributed by atoms with Gasteiger partial charge in [0.15, 0.2) is 0 Å². The van der Waals surface area contributed by atoms with Crippen LogP contribution in [0.25, 0.3) is 0 Å². The van der Waals surface area contributed by atoms with Crippen molar-refractivity contribution in [3.8, 4) is 52.1 Å². The summed E-state index contributed by atoms with van der Waals surface area (Å²) in [6, 6.07) is 65.4. The van der Waals surface area contributed by atoms with Crippen LogP contribution in [0.1, 0.15) is 43.0 Å². The molecule has 0 bridgehead atoms. The van der Waals surface area contributed by atoms with E-state index in [0.717, 1.165) is 13.8 Å². The molecule has 87 heavy (non-hydrogen) atoms. The molecule has 0 aromatic heterocycles. The molecule has 0 saturated carbocycles. The summed E-state index contributed by atoms with van der Waals surface area (Å²) in [5.74, 6) is -1.79. The van der Waals surface area contributed by atoms with Crippen molar-refractivity contribution in [3.63, 3.8) is 0 Å². The first-order valence-corrected chi connectivity index (χ1v) is 26.0. The number of aliphatic imine (C=N–C) groups is 4. The molecule has 0 atom stereocenters. The molecule has 21 heteroatoms. The summed E-state index contributed by atoms with van der Waals surface area (Å²) in [6.07, 6.45) is 4.80. The molecule has 0 unspecified atom stereocenters. The van der Waals surface area contributed by atoms with Gasteiger partial charge in [0.1, 0.15) is 29.1 Å². The summed E-state index contributed by atoms with van der Waals surface area (Å²) >= 11 is 0. The number of ether oxygens (including phenoxy) is 4. The number of carboxylic acids is 2. The predicted molar refractivity (Wildman–Crippen MR) is 322 cm³/mol. The molecule has 0 aliphatic rings. The van der Waals surface area contributed by atoms with E-state index in [9.17, 15) is 20.4 Å². The van der Waals surface area contributed by atoms with Crippen molar-refractivity contribution >= 4 is 64.8 Å². The van der Waals surface area contributed by atoms with Crippen molar-refractivity contribution in [2.75, 3.05) is 54.6 Å². The number of nitrogens with zero attached hydrogens (tertiary/aromatic N) is 5. The van der Waals surface area contributed by atoms with Crippen LogP contribution in [-0.4, -0.2) is 97.6 Å². The van der Waals surface area contributed by atoms with E-state index >= 15 is 0 Å². The van der Waals surface area contributed by atoms with Gasteiger partial charge in [0.2, 0.25) is 0 Å². The van der Waals surface area contributed by atoms with Gasteiger partial charge in [-0.05, 0) is 60.4 Å². The molecule has 17 nitrogen and oxygen atoms in total. The second-order valence-electron chi connectivity index (χ2n) is 17.4. The number of para-hydroxylation sites is 4. The quantitative estimate of drug-likeness (QED) is 0.0671. The van der Waals surface area contributed by atoms with Crippen molar-refractivity contribution in [3.05, 3.63) is 216 Å². The van der Waals surface area contributed by atoms with E-state index in [1.54, 1.807) is 78.9 Å². The molecule has 0 aliphatic heterocycles. The van der Waals surface area contributed by atoms with E-state index in [-0.39, 0.29) is 124 Å². The third-order valence-corrected chi connectivity index (χ3v) is 11.8. The van der Waals surface area contributed by atoms with Crippen LogP contribution in [0.2, 0.25) is 0 Å². The molecular weight excluding hydrogens is 1360 g/mol. The number of carbonyl (C=O) groups is 2. The van der Waals surface area contributed by atoms with Gasteiger partial charge in [-0.25, -0.2) is 0 Å². The zero-order valence-electron chi connectivity index (χ0n) is 49.6. The number of hydrogen-bond donors (Lipinski definition) is 0. The molecule has 0 N–H and O–H groups in total. The van der Waals surface area contributed by atoms with Crippen LogP contribution in [0.15, 0.2) is 214 Å². The van der Waals surface area contributed by atoms with Gasteiger partial charge in [0.25, 0.3) is 0 Å². The Balaban J connectivity index is 0.00000115. The molecular formula is C66H65BN5O12TbZn2. The zero-order chi connectivity index (χ0) is 61.5. The average molecular weight is 1420 g/mol. The Bertz CT molecular complexity index is 2980. The number of rotatable bonds is 18. The summed E-state index contributed by atoms with van der Waals surface area (Å²) < 4.78 is 19.9. The normalized spacial score (nSPS) is 10.1. The minimum Gasteiger partial charge on any atom is -0.870 e. The van der Waals surface area contributed by atoms with Crippen molar-refractivity contribution < 1.29 is 137 Å². The van der Waals surface area contributed by atoms with Crippen LogP contribution in [0.3, 0.4) is 0 Å². The van der Waals surface area contributed by atoms with Gasteiger partial charge in [0.05, 0.1) is 60.7 Å². The van der Waals surface area contributed by atoms with Crippen molar-refractivity contribution in [2.24, 2.45) is 20.0 Å². The average Bonchev–Trinajstić information content (AvgIpc) is 0.904. The third-order valence-electron chi connectivity index (χ3n) is 11.8. The number of aliphatic carboxylic acids is 2. The van der Waals surface area contributed by atoms with Gasteiger partial charge >= 0.3 is 77.6 Å². The Morgan fingerprint density at radius 1 is 0.402 bits per heavy atom. The first-order chi connectivity index (χ1) is 40.6. The molecule has 0 saturated heterocycles. The van der Waals surface area contributed by atoms with E-state index in [4.69, 9.17) is 44.0 Å². The maximum absolute atomic E-state index is 11.9. The van der Waals surface area contributed by atoms with E-state index in [2.05, 4.69) is 141 Å². The van der Waals surface area contributed by atoms with E-state index < -0.39 is 18.1 Å². The Morgan fingerprint density at radius 3 is 0.736 bits per heavy atom. The molecule has 442 valence electrons. The van der Waals surface area contributed by atoms with Crippen LogP contribution >= 0.6 is 0 Å². The molecule has 0 radical (unpaired) electrons. The second-order valence-corrected chi connectivity index (χ2v) is 17.4. The molecule has 0 amide bonds. The Labute approximate surface area is 565 Å². The number of carbonyl (C=O) groups excluding carboxylic acids is 2. The van der Waals surface area contributed by atoms with Crippen LogP contribution in [-0.2, 0) is 48.5 Å². The van der Waals surface area contributed by atoms with Crippen molar-refractivity contribution in [2.45, 2.75) is 20.8 Å². The SMILES string of the molecule is CC#N.CC(=O)[O-].CC(=O)[O-].COc1cccc(C=NCCN=Cc2cccc(OC)c2[O-])c1[O-].COc1cccc(C=NCCN=Cc2cccc(OC)c2[O-])c1[O-].[Tb+3].[Zn+2].[Zn+2].c1ccc([B-](c2ccccc2)(c2ccccc2)c2ccccc2)cc1. The van der Waals surface area contributed by atoms with Crippen molar-refractivity contribution in [1.82, 2.24) is 0 Å². The molecule has 8 aromatic carbocycles. The summed E-state index contributed by atoms with van der Waals surface area (Å²) in [5, 5.41) is 72.7. The van der Waals surface area contributed by atoms with E-state index in [0.29, 0.717) is 48.4 Å². The fourth-order valence-corrected chi connectivity index (χ4v) is 8.18. The minimum absolute atomic E-state index is 0. The van der Waals surface area contributed by atoms with Gasteiger partial charge in [-0.15, -0.1) is 0 Å². The van der Waals surface area contributed by atoms with Crippen LogP contribution < -0.4 is 71.4 Å². The predicted octanol–water partition coefficient (Wildman–Crippen LogP) is 3.88. The Hall–Kier alpha value is -8.13. The van der Waals surface area contributed by atoms with Gasteiger partial charge in [0, 0.05) is 43.7 Å². The molecule has 0 heterocycles. The number of methoxy groups -OCH3 is 4.